The van der Waals surface area contributed by atoms with E-state index in [1.807, 2.05) is 35.0 Å². The molecule has 0 saturated heterocycles. The Morgan fingerprint density at radius 1 is 1.22 bits per heavy atom. The largest absolute Gasteiger partial charge is 0.352 e. The zero-order chi connectivity index (χ0) is 16.2. The van der Waals surface area contributed by atoms with Crippen LogP contribution in [0.1, 0.15) is 16.1 Å². The Hall–Kier alpha value is -2.47. The third kappa shape index (κ3) is 3.65. The summed E-state index contributed by atoms with van der Waals surface area (Å²) in [5, 5.41) is 2.88. The van der Waals surface area contributed by atoms with Crippen LogP contribution in [0.4, 0.5) is 0 Å². The van der Waals surface area contributed by atoms with E-state index in [1.165, 1.54) is 0 Å². The zero-order valence-corrected chi connectivity index (χ0v) is 13.5. The van der Waals surface area contributed by atoms with Crippen molar-refractivity contribution in [3.05, 3.63) is 66.1 Å². The van der Waals surface area contributed by atoms with E-state index in [9.17, 15) is 9.00 Å². The van der Waals surface area contributed by atoms with Gasteiger partial charge in [-0.25, -0.2) is 4.98 Å². The lowest BCUT2D eigenvalue weighted by Gasteiger charge is -2.04. The molecule has 3 rings (SSSR count). The van der Waals surface area contributed by atoms with Gasteiger partial charge >= 0.3 is 0 Å². The minimum atomic E-state index is -1.03. The lowest BCUT2D eigenvalue weighted by molar-refractivity contribution is 0.0954. The topological polar surface area (TPSA) is 63.5 Å². The highest BCUT2D eigenvalue weighted by molar-refractivity contribution is 7.84. The van der Waals surface area contributed by atoms with Gasteiger partial charge < -0.3 is 9.72 Å². The molecule has 5 nitrogen and oxygen atoms in total. The Balaban J connectivity index is 1.57. The van der Waals surface area contributed by atoms with Gasteiger partial charge in [0.1, 0.15) is 5.65 Å². The molecule has 1 N–H and O–H groups in total. The second-order valence-corrected chi connectivity index (χ2v) is 6.56. The summed E-state index contributed by atoms with van der Waals surface area (Å²) in [5.74, 6) is -0.137. The van der Waals surface area contributed by atoms with Crippen molar-refractivity contribution in [2.75, 3.05) is 12.8 Å². The number of amides is 1. The van der Waals surface area contributed by atoms with Gasteiger partial charge in [0.2, 0.25) is 0 Å². The smallest absolute Gasteiger partial charge is 0.251 e. The number of hydrogen-bond acceptors (Lipinski definition) is 3. The van der Waals surface area contributed by atoms with Gasteiger partial charge in [-0.05, 0) is 36.4 Å². The van der Waals surface area contributed by atoms with Gasteiger partial charge in [0.15, 0.2) is 0 Å². The number of nitrogens with one attached hydrogen (secondary N) is 1. The number of rotatable bonds is 5. The number of aromatic nitrogens is 2. The first kappa shape index (κ1) is 15.4. The summed E-state index contributed by atoms with van der Waals surface area (Å²) < 4.78 is 13.3. The molecule has 0 radical (unpaired) electrons. The van der Waals surface area contributed by atoms with E-state index in [0.717, 1.165) is 11.3 Å². The van der Waals surface area contributed by atoms with Gasteiger partial charge in [0.05, 0.1) is 5.69 Å². The van der Waals surface area contributed by atoms with Crippen LogP contribution in [0.5, 0.6) is 0 Å². The second kappa shape index (κ2) is 6.75. The molecule has 2 aromatic heterocycles. The maximum absolute atomic E-state index is 12.1. The van der Waals surface area contributed by atoms with Crippen LogP contribution in [-0.2, 0) is 17.2 Å². The van der Waals surface area contributed by atoms with E-state index in [2.05, 4.69) is 10.3 Å². The summed E-state index contributed by atoms with van der Waals surface area (Å²) >= 11 is 0. The lowest BCUT2D eigenvalue weighted by atomic mass is 10.2. The summed E-state index contributed by atoms with van der Waals surface area (Å²) in [7, 11) is -1.03. The second-order valence-electron chi connectivity index (χ2n) is 5.18. The van der Waals surface area contributed by atoms with E-state index in [4.69, 9.17) is 0 Å². The van der Waals surface area contributed by atoms with Crippen LogP contribution in [0.25, 0.3) is 5.65 Å². The Kier molecular flexibility index (Phi) is 4.52. The molecule has 0 bridgehead atoms. The number of pyridine rings is 1. The third-order valence-corrected chi connectivity index (χ3v) is 4.47. The average Bonchev–Trinajstić information content (AvgIpc) is 2.97. The number of benzene rings is 1. The first-order valence-electron chi connectivity index (χ1n) is 7.28. The minimum Gasteiger partial charge on any atom is -0.352 e. The van der Waals surface area contributed by atoms with Gasteiger partial charge in [-0.15, -0.1) is 0 Å². The molecule has 0 aliphatic rings. The monoisotopic (exact) mass is 327 g/mol. The van der Waals surface area contributed by atoms with Crippen molar-refractivity contribution in [3.8, 4) is 0 Å². The molecule has 3 aromatic rings. The fourth-order valence-corrected chi connectivity index (χ4v) is 2.83. The predicted molar refractivity (Wildman–Crippen MR) is 90.0 cm³/mol. The van der Waals surface area contributed by atoms with Crippen molar-refractivity contribution < 1.29 is 9.00 Å². The molecule has 1 aromatic carbocycles. The molecule has 0 aliphatic heterocycles. The Bertz CT molecular complexity index is 823. The van der Waals surface area contributed by atoms with E-state index < -0.39 is 10.8 Å². The first-order valence-corrected chi connectivity index (χ1v) is 8.83. The van der Waals surface area contributed by atoms with Gasteiger partial charge in [-0.2, -0.15) is 0 Å². The molecule has 1 amide bonds. The predicted octanol–water partition coefficient (Wildman–Crippen LogP) is 2.04. The SMILES string of the molecule is C[S@@](=O)c1ccc(C(=O)NCCc2cn3ccccc3n2)cc1. The van der Waals surface area contributed by atoms with Crippen molar-refractivity contribution in [2.45, 2.75) is 11.3 Å². The number of carbonyl (C=O) groups is 1. The fourth-order valence-electron chi connectivity index (χ4n) is 2.31. The van der Waals surface area contributed by atoms with E-state index in [-0.39, 0.29) is 5.91 Å². The van der Waals surface area contributed by atoms with Crippen LogP contribution in [-0.4, -0.2) is 32.3 Å². The molecule has 23 heavy (non-hydrogen) atoms. The maximum atomic E-state index is 12.1. The highest BCUT2D eigenvalue weighted by atomic mass is 32.2. The normalized spacial score (nSPS) is 12.2. The third-order valence-electron chi connectivity index (χ3n) is 3.53. The number of carbonyl (C=O) groups excluding carboxylic acids is 1. The summed E-state index contributed by atoms with van der Waals surface area (Å²) in [6.45, 7) is 0.518. The highest BCUT2D eigenvalue weighted by Crippen LogP contribution is 2.08. The van der Waals surface area contributed by atoms with E-state index in [0.29, 0.717) is 23.4 Å². The van der Waals surface area contributed by atoms with Crippen molar-refractivity contribution in [3.63, 3.8) is 0 Å². The number of imidazole rings is 1. The molecule has 0 aliphatic carbocycles. The van der Waals surface area contributed by atoms with Crippen molar-refractivity contribution in [2.24, 2.45) is 0 Å². The molecular formula is C17H17N3O2S. The molecule has 2 heterocycles. The van der Waals surface area contributed by atoms with E-state index in [1.54, 1.807) is 30.5 Å². The van der Waals surface area contributed by atoms with Crippen LogP contribution >= 0.6 is 0 Å². The molecule has 1 atom stereocenters. The molecule has 0 unspecified atom stereocenters. The first-order chi connectivity index (χ1) is 11.1. The number of nitrogens with zero attached hydrogens (tertiary/aromatic N) is 2. The van der Waals surface area contributed by atoms with Crippen LogP contribution in [0, 0.1) is 0 Å². The molecule has 6 heteroatoms. The van der Waals surface area contributed by atoms with Crippen molar-refractivity contribution >= 4 is 22.4 Å². The molecule has 0 spiro atoms. The molecule has 0 saturated carbocycles. The van der Waals surface area contributed by atoms with Crippen molar-refractivity contribution in [1.29, 1.82) is 0 Å². The Morgan fingerprint density at radius 3 is 2.70 bits per heavy atom. The van der Waals surface area contributed by atoms with Crippen LogP contribution in [0.3, 0.4) is 0 Å². The lowest BCUT2D eigenvalue weighted by Crippen LogP contribution is -2.25. The van der Waals surface area contributed by atoms with Crippen LogP contribution < -0.4 is 5.32 Å². The van der Waals surface area contributed by atoms with E-state index >= 15 is 0 Å². The molecule has 118 valence electrons. The zero-order valence-electron chi connectivity index (χ0n) is 12.7. The maximum Gasteiger partial charge on any atom is 0.251 e. The standard InChI is InChI=1S/C17H17N3O2S/c1-23(22)15-7-5-13(6-8-15)17(21)18-10-9-14-12-20-11-3-2-4-16(20)19-14/h2-8,11-12H,9-10H2,1H3,(H,18,21)/t23-/m1/s1. The summed E-state index contributed by atoms with van der Waals surface area (Å²) in [4.78, 5) is 17.3. The number of fused-ring (bicyclic) bond motifs is 1. The summed E-state index contributed by atoms with van der Waals surface area (Å²) in [5.41, 5.74) is 2.40. The van der Waals surface area contributed by atoms with Gasteiger partial charge in [0, 0.05) is 52.9 Å². The van der Waals surface area contributed by atoms with Gasteiger partial charge in [-0.3, -0.25) is 9.00 Å². The minimum absolute atomic E-state index is 0.137. The fraction of sp³-hybridized carbons (Fsp3) is 0.176. The van der Waals surface area contributed by atoms with Crippen LogP contribution in [0.15, 0.2) is 59.8 Å². The van der Waals surface area contributed by atoms with Crippen molar-refractivity contribution in [1.82, 2.24) is 14.7 Å². The van der Waals surface area contributed by atoms with Gasteiger partial charge in [0.25, 0.3) is 5.91 Å². The summed E-state index contributed by atoms with van der Waals surface area (Å²) in [6, 6.07) is 12.7. The highest BCUT2D eigenvalue weighted by Gasteiger charge is 2.07. The Labute approximate surface area is 136 Å². The molecule has 0 fully saturated rings. The van der Waals surface area contributed by atoms with Crippen LogP contribution in [0.2, 0.25) is 0 Å². The summed E-state index contributed by atoms with van der Waals surface area (Å²) in [6.07, 6.45) is 6.20. The van der Waals surface area contributed by atoms with Gasteiger partial charge in [-0.1, -0.05) is 6.07 Å². The number of hydrogen-bond donors (Lipinski definition) is 1. The Morgan fingerprint density at radius 2 is 2.00 bits per heavy atom. The average molecular weight is 327 g/mol. The quantitative estimate of drug-likeness (QED) is 0.780. The molecular weight excluding hydrogens is 310 g/mol.